The quantitative estimate of drug-likeness (QED) is 0.578. The molecule has 0 fully saturated rings. The Balaban J connectivity index is 2.30. The van der Waals surface area contributed by atoms with Crippen molar-refractivity contribution in [3.05, 3.63) is 23.9 Å². The van der Waals surface area contributed by atoms with E-state index in [1.54, 1.807) is 6.20 Å². The highest BCUT2D eigenvalue weighted by molar-refractivity contribution is 5.47. The summed E-state index contributed by atoms with van der Waals surface area (Å²) in [5.74, 6) is 0.808. The van der Waals surface area contributed by atoms with E-state index in [1.807, 2.05) is 12.1 Å². The second kappa shape index (κ2) is 2.80. The Bertz CT molecular complexity index is 328. The maximum Gasteiger partial charge on any atom is 0.168 e. The molecular formula is C8H8N4. The normalized spacial score (nSPS) is 20.4. The first kappa shape index (κ1) is 7.07. The summed E-state index contributed by atoms with van der Waals surface area (Å²) in [7, 11) is 0. The monoisotopic (exact) mass is 160 g/mol. The molecule has 4 nitrogen and oxygen atoms in total. The lowest BCUT2D eigenvalue weighted by atomic mass is 10.2. The number of hydrogen-bond acceptors (Lipinski definition) is 4. The van der Waals surface area contributed by atoms with Gasteiger partial charge in [0.15, 0.2) is 6.17 Å². The Morgan fingerprint density at radius 2 is 2.58 bits per heavy atom. The van der Waals surface area contributed by atoms with Crippen LogP contribution in [0.5, 0.6) is 0 Å². The highest BCUT2D eigenvalue weighted by Crippen LogP contribution is 2.15. The predicted octanol–water partition coefficient (Wildman–Crippen LogP) is 0.446. The summed E-state index contributed by atoms with van der Waals surface area (Å²) in [5.41, 5.74) is 1.10. The molecule has 1 unspecified atom stereocenters. The first-order valence-electron chi connectivity index (χ1n) is 3.73. The SMILES string of the molecule is N#CC1NCc2cccnc2N1. The van der Waals surface area contributed by atoms with Gasteiger partial charge in [-0.05, 0) is 6.07 Å². The molecule has 1 aromatic rings. The van der Waals surface area contributed by atoms with Gasteiger partial charge in [-0.3, -0.25) is 5.32 Å². The summed E-state index contributed by atoms with van der Waals surface area (Å²) in [6.07, 6.45) is 1.40. The molecule has 0 saturated carbocycles. The van der Waals surface area contributed by atoms with Crippen molar-refractivity contribution in [2.24, 2.45) is 0 Å². The summed E-state index contributed by atoms with van der Waals surface area (Å²) in [6.45, 7) is 0.703. The molecule has 2 heterocycles. The fraction of sp³-hybridized carbons (Fsp3) is 0.250. The second-order valence-electron chi connectivity index (χ2n) is 2.60. The lowest BCUT2D eigenvalue weighted by Gasteiger charge is -2.21. The predicted molar refractivity (Wildman–Crippen MR) is 44.1 cm³/mol. The number of fused-ring (bicyclic) bond motifs is 1. The fourth-order valence-electron chi connectivity index (χ4n) is 1.19. The van der Waals surface area contributed by atoms with Crippen molar-refractivity contribution < 1.29 is 0 Å². The number of anilines is 1. The molecule has 0 amide bonds. The van der Waals surface area contributed by atoms with Gasteiger partial charge in [0.2, 0.25) is 0 Å². The molecule has 1 aromatic heterocycles. The zero-order valence-corrected chi connectivity index (χ0v) is 6.41. The van der Waals surface area contributed by atoms with Crippen LogP contribution in [0.3, 0.4) is 0 Å². The number of nitriles is 1. The Kier molecular flexibility index (Phi) is 1.65. The van der Waals surface area contributed by atoms with E-state index >= 15 is 0 Å². The molecule has 1 atom stereocenters. The van der Waals surface area contributed by atoms with Crippen LogP contribution in [0.15, 0.2) is 18.3 Å². The molecule has 12 heavy (non-hydrogen) atoms. The maximum atomic E-state index is 8.61. The van der Waals surface area contributed by atoms with Crippen molar-refractivity contribution in [3.63, 3.8) is 0 Å². The number of rotatable bonds is 0. The van der Waals surface area contributed by atoms with Gasteiger partial charge in [-0.1, -0.05) is 6.07 Å². The number of nitrogens with zero attached hydrogens (tertiary/aromatic N) is 2. The van der Waals surface area contributed by atoms with Crippen LogP contribution in [0.25, 0.3) is 0 Å². The third kappa shape index (κ3) is 1.11. The highest BCUT2D eigenvalue weighted by atomic mass is 15.2. The van der Waals surface area contributed by atoms with Crippen LogP contribution in [-0.4, -0.2) is 11.1 Å². The second-order valence-corrected chi connectivity index (χ2v) is 2.60. The van der Waals surface area contributed by atoms with Crippen molar-refractivity contribution in [1.82, 2.24) is 10.3 Å². The zero-order valence-electron chi connectivity index (χ0n) is 6.41. The largest absolute Gasteiger partial charge is 0.342 e. The summed E-state index contributed by atoms with van der Waals surface area (Å²) in [6, 6.07) is 5.95. The van der Waals surface area contributed by atoms with Gasteiger partial charge in [0, 0.05) is 18.3 Å². The van der Waals surface area contributed by atoms with Crippen LogP contribution >= 0.6 is 0 Å². The summed E-state index contributed by atoms with van der Waals surface area (Å²) in [5, 5.41) is 14.6. The summed E-state index contributed by atoms with van der Waals surface area (Å²) in [4.78, 5) is 4.12. The van der Waals surface area contributed by atoms with Crippen LogP contribution in [-0.2, 0) is 6.54 Å². The van der Waals surface area contributed by atoms with Crippen molar-refractivity contribution in [2.45, 2.75) is 12.7 Å². The first-order valence-corrected chi connectivity index (χ1v) is 3.73. The lowest BCUT2D eigenvalue weighted by Crippen LogP contribution is -2.39. The molecule has 1 aliphatic heterocycles. The van der Waals surface area contributed by atoms with Gasteiger partial charge in [0.1, 0.15) is 11.9 Å². The van der Waals surface area contributed by atoms with Crippen molar-refractivity contribution in [3.8, 4) is 6.07 Å². The molecule has 60 valence electrons. The van der Waals surface area contributed by atoms with Gasteiger partial charge in [0.05, 0.1) is 0 Å². The minimum absolute atomic E-state index is 0.313. The standard InChI is InChI=1S/C8H8N4/c9-4-7-11-5-6-2-1-3-10-8(6)12-7/h1-3,7,11H,5H2,(H,10,12). The van der Waals surface area contributed by atoms with E-state index in [1.165, 1.54) is 0 Å². The van der Waals surface area contributed by atoms with Gasteiger partial charge in [-0.15, -0.1) is 0 Å². The average molecular weight is 160 g/mol. The summed E-state index contributed by atoms with van der Waals surface area (Å²) >= 11 is 0. The molecular weight excluding hydrogens is 152 g/mol. The molecule has 0 radical (unpaired) electrons. The van der Waals surface area contributed by atoms with Gasteiger partial charge in [0.25, 0.3) is 0 Å². The molecule has 0 saturated heterocycles. The lowest BCUT2D eigenvalue weighted by molar-refractivity contribution is 0.624. The zero-order chi connectivity index (χ0) is 8.39. The minimum atomic E-state index is -0.313. The molecule has 2 rings (SSSR count). The van der Waals surface area contributed by atoms with Crippen LogP contribution < -0.4 is 10.6 Å². The smallest absolute Gasteiger partial charge is 0.168 e. The number of nitrogens with one attached hydrogen (secondary N) is 2. The number of aromatic nitrogens is 1. The van der Waals surface area contributed by atoms with Crippen LogP contribution in [0.1, 0.15) is 5.56 Å². The minimum Gasteiger partial charge on any atom is -0.342 e. The van der Waals surface area contributed by atoms with Crippen LogP contribution in [0, 0.1) is 11.3 Å². The maximum absolute atomic E-state index is 8.61. The van der Waals surface area contributed by atoms with E-state index in [2.05, 4.69) is 21.7 Å². The fourth-order valence-corrected chi connectivity index (χ4v) is 1.19. The van der Waals surface area contributed by atoms with Gasteiger partial charge < -0.3 is 5.32 Å². The number of hydrogen-bond donors (Lipinski definition) is 2. The highest BCUT2D eigenvalue weighted by Gasteiger charge is 2.15. The molecule has 0 spiro atoms. The van der Waals surface area contributed by atoms with E-state index in [0.717, 1.165) is 11.4 Å². The van der Waals surface area contributed by atoms with E-state index in [9.17, 15) is 0 Å². The molecule has 2 N–H and O–H groups in total. The Morgan fingerprint density at radius 3 is 3.42 bits per heavy atom. The van der Waals surface area contributed by atoms with Crippen molar-refractivity contribution in [2.75, 3.05) is 5.32 Å². The molecule has 0 aliphatic carbocycles. The van der Waals surface area contributed by atoms with Gasteiger partial charge in [-0.25, -0.2) is 4.98 Å². The molecule has 0 bridgehead atoms. The average Bonchev–Trinajstić information content (AvgIpc) is 2.17. The molecule has 4 heteroatoms. The van der Waals surface area contributed by atoms with E-state index < -0.39 is 0 Å². The third-order valence-corrected chi connectivity index (χ3v) is 1.80. The summed E-state index contributed by atoms with van der Waals surface area (Å²) < 4.78 is 0. The van der Waals surface area contributed by atoms with Crippen LogP contribution in [0.2, 0.25) is 0 Å². The molecule has 1 aliphatic rings. The van der Waals surface area contributed by atoms with Gasteiger partial charge >= 0.3 is 0 Å². The molecule has 0 aromatic carbocycles. The van der Waals surface area contributed by atoms with Crippen molar-refractivity contribution >= 4 is 5.82 Å². The third-order valence-electron chi connectivity index (χ3n) is 1.80. The van der Waals surface area contributed by atoms with Crippen molar-refractivity contribution in [1.29, 1.82) is 5.26 Å². The Hall–Kier alpha value is -1.60. The Labute approximate surface area is 70.2 Å². The first-order chi connectivity index (χ1) is 5.90. The van der Waals surface area contributed by atoms with E-state index in [-0.39, 0.29) is 6.17 Å². The topological polar surface area (TPSA) is 60.7 Å². The van der Waals surface area contributed by atoms with Crippen LogP contribution in [0.4, 0.5) is 5.82 Å². The van der Waals surface area contributed by atoms with E-state index in [4.69, 9.17) is 5.26 Å². The van der Waals surface area contributed by atoms with Gasteiger partial charge in [-0.2, -0.15) is 5.26 Å². The van der Waals surface area contributed by atoms with E-state index in [0.29, 0.717) is 6.54 Å². The number of pyridine rings is 1. The Morgan fingerprint density at radius 1 is 1.67 bits per heavy atom.